The molecular weight excluding hydrogens is 270 g/mol. The summed E-state index contributed by atoms with van der Waals surface area (Å²) in [5, 5.41) is 0. The van der Waals surface area contributed by atoms with Gasteiger partial charge in [0, 0.05) is 23.1 Å². The van der Waals surface area contributed by atoms with Gasteiger partial charge in [-0.05, 0) is 28.1 Å². The summed E-state index contributed by atoms with van der Waals surface area (Å²) >= 11 is 3.33. The van der Waals surface area contributed by atoms with Crippen LogP contribution in [-0.4, -0.2) is 15.0 Å². The number of nitrogens with two attached hydrogens (primary N) is 1. The van der Waals surface area contributed by atoms with Crippen molar-refractivity contribution in [3.05, 3.63) is 52.8 Å². The molecule has 5 nitrogen and oxygen atoms in total. The van der Waals surface area contributed by atoms with Crippen LogP contribution in [0, 0.1) is 0 Å². The molecule has 0 radical (unpaired) electrons. The average molecular weight is 280 g/mol. The fraction of sp³-hybridized carbons (Fsp3) is 0.100. The molecule has 16 heavy (non-hydrogen) atoms. The summed E-state index contributed by atoms with van der Waals surface area (Å²) in [5.41, 5.74) is 4.21. The lowest BCUT2D eigenvalue weighted by Gasteiger charge is -2.13. The van der Waals surface area contributed by atoms with Gasteiger partial charge in [0.2, 0.25) is 0 Å². The summed E-state index contributed by atoms with van der Waals surface area (Å²) < 4.78 is 0.922. The fourth-order valence-electron chi connectivity index (χ4n) is 1.34. The number of nitrogens with zero attached hydrogens (tertiary/aromatic N) is 3. The number of halogens is 1. The maximum Gasteiger partial charge on any atom is 0.107 e. The van der Waals surface area contributed by atoms with Crippen LogP contribution >= 0.6 is 15.9 Å². The minimum absolute atomic E-state index is 0.248. The van der Waals surface area contributed by atoms with Gasteiger partial charge in [-0.15, -0.1) is 0 Å². The Morgan fingerprint density at radius 2 is 2.00 bits per heavy atom. The van der Waals surface area contributed by atoms with Crippen LogP contribution in [0.5, 0.6) is 0 Å². The Labute approximate surface area is 101 Å². The summed E-state index contributed by atoms with van der Waals surface area (Å²) in [7, 11) is 0. The summed E-state index contributed by atoms with van der Waals surface area (Å²) in [6.45, 7) is 0. The Morgan fingerprint density at radius 3 is 2.56 bits per heavy atom. The van der Waals surface area contributed by atoms with Gasteiger partial charge in [0.25, 0.3) is 0 Å². The van der Waals surface area contributed by atoms with Gasteiger partial charge in [-0.2, -0.15) is 0 Å². The predicted octanol–water partition coefficient (Wildman–Crippen LogP) is 1.19. The highest BCUT2D eigenvalue weighted by molar-refractivity contribution is 9.10. The average Bonchev–Trinajstić information content (AvgIpc) is 2.34. The predicted molar refractivity (Wildman–Crippen MR) is 63.1 cm³/mol. The molecule has 82 valence electrons. The third-order valence-electron chi connectivity index (χ3n) is 2.09. The first-order valence-corrected chi connectivity index (χ1v) is 5.44. The molecular formula is C10H10BrN5. The molecule has 2 aromatic rings. The SMILES string of the molecule is NNC(c1ccc(Br)cn1)c1cnccn1. The number of rotatable bonds is 3. The van der Waals surface area contributed by atoms with Gasteiger partial charge in [-0.3, -0.25) is 20.8 Å². The maximum atomic E-state index is 5.51. The van der Waals surface area contributed by atoms with E-state index in [-0.39, 0.29) is 6.04 Å². The molecule has 0 bridgehead atoms. The Balaban J connectivity index is 2.33. The molecule has 0 saturated carbocycles. The van der Waals surface area contributed by atoms with Crippen LogP contribution in [0.4, 0.5) is 0 Å². The van der Waals surface area contributed by atoms with Crippen molar-refractivity contribution in [3.63, 3.8) is 0 Å². The summed E-state index contributed by atoms with van der Waals surface area (Å²) in [6.07, 6.45) is 6.62. The molecule has 0 aliphatic rings. The highest BCUT2D eigenvalue weighted by atomic mass is 79.9. The largest absolute Gasteiger partial charge is 0.270 e. The second-order valence-electron chi connectivity index (χ2n) is 3.13. The normalized spacial score (nSPS) is 12.4. The molecule has 2 rings (SSSR count). The molecule has 1 atom stereocenters. The molecule has 0 fully saturated rings. The van der Waals surface area contributed by atoms with E-state index in [1.165, 1.54) is 0 Å². The third-order valence-corrected chi connectivity index (χ3v) is 2.56. The van der Waals surface area contributed by atoms with Crippen molar-refractivity contribution >= 4 is 15.9 Å². The van der Waals surface area contributed by atoms with Gasteiger partial charge in [0.05, 0.1) is 17.6 Å². The lowest BCUT2D eigenvalue weighted by atomic mass is 10.1. The number of aromatic nitrogens is 3. The van der Waals surface area contributed by atoms with Crippen LogP contribution in [0.15, 0.2) is 41.4 Å². The molecule has 3 N–H and O–H groups in total. The molecule has 1 unspecified atom stereocenters. The molecule has 6 heteroatoms. The zero-order chi connectivity index (χ0) is 11.4. The topological polar surface area (TPSA) is 76.7 Å². The van der Waals surface area contributed by atoms with E-state index >= 15 is 0 Å². The Kier molecular flexibility index (Phi) is 3.55. The number of nitrogens with one attached hydrogen (secondary N) is 1. The van der Waals surface area contributed by atoms with E-state index < -0.39 is 0 Å². The van der Waals surface area contributed by atoms with Gasteiger partial charge in [0.15, 0.2) is 0 Å². The van der Waals surface area contributed by atoms with Crippen molar-refractivity contribution in [2.45, 2.75) is 6.04 Å². The third kappa shape index (κ3) is 2.41. The van der Waals surface area contributed by atoms with Crippen LogP contribution < -0.4 is 11.3 Å². The second-order valence-corrected chi connectivity index (χ2v) is 4.05. The zero-order valence-electron chi connectivity index (χ0n) is 8.34. The molecule has 0 aliphatic heterocycles. The molecule has 0 spiro atoms. The van der Waals surface area contributed by atoms with Gasteiger partial charge >= 0.3 is 0 Å². The standard InChI is InChI=1S/C10H10BrN5/c11-7-1-2-8(15-5-7)10(16-12)9-6-13-3-4-14-9/h1-6,10,16H,12H2. The first kappa shape index (κ1) is 11.1. The van der Waals surface area contributed by atoms with Gasteiger partial charge < -0.3 is 0 Å². The highest BCUT2D eigenvalue weighted by Crippen LogP contribution is 2.18. The highest BCUT2D eigenvalue weighted by Gasteiger charge is 2.14. The van der Waals surface area contributed by atoms with Crippen LogP contribution in [0.2, 0.25) is 0 Å². The fourth-order valence-corrected chi connectivity index (χ4v) is 1.57. The quantitative estimate of drug-likeness (QED) is 0.652. The van der Waals surface area contributed by atoms with E-state index in [0.29, 0.717) is 0 Å². The lowest BCUT2D eigenvalue weighted by Crippen LogP contribution is -2.30. The smallest absolute Gasteiger partial charge is 0.107 e. The monoisotopic (exact) mass is 279 g/mol. The van der Waals surface area contributed by atoms with Crippen LogP contribution in [0.3, 0.4) is 0 Å². The van der Waals surface area contributed by atoms with Crippen molar-refractivity contribution in [1.82, 2.24) is 20.4 Å². The van der Waals surface area contributed by atoms with Crippen molar-refractivity contribution in [3.8, 4) is 0 Å². The minimum atomic E-state index is -0.248. The summed E-state index contributed by atoms with van der Waals surface area (Å²) in [4.78, 5) is 12.5. The van der Waals surface area contributed by atoms with Crippen molar-refractivity contribution in [2.24, 2.45) is 5.84 Å². The van der Waals surface area contributed by atoms with Crippen molar-refractivity contribution in [2.75, 3.05) is 0 Å². The maximum absolute atomic E-state index is 5.51. The zero-order valence-corrected chi connectivity index (χ0v) is 9.92. The number of hydrogen-bond acceptors (Lipinski definition) is 5. The van der Waals surface area contributed by atoms with E-state index in [2.05, 4.69) is 36.3 Å². The summed E-state index contributed by atoms with van der Waals surface area (Å²) in [6, 6.07) is 3.54. The van der Waals surface area contributed by atoms with Crippen LogP contribution in [0.25, 0.3) is 0 Å². The van der Waals surface area contributed by atoms with E-state index in [1.54, 1.807) is 24.8 Å². The first-order valence-electron chi connectivity index (χ1n) is 4.65. The van der Waals surface area contributed by atoms with E-state index in [9.17, 15) is 0 Å². The molecule has 0 amide bonds. The molecule has 0 aromatic carbocycles. The van der Waals surface area contributed by atoms with Crippen LogP contribution in [0.1, 0.15) is 17.4 Å². The molecule has 2 heterocycles. The number of pyridine rings is 1. The van der Waals surface area contributed by atoms with E-state index in [0.717, 1.165) is 15.9 Å². The lowest BCUT2D eigenvalue weighted by molar-refractivity contribution is 0.602. The molecule has 0 aliphatic carbocycles. The first-order chi connectivity index (χ1) is 7.81. The Morgan fingerprint density at radius 1 is 1.12 bits per heavy atom. The van der Waals surface area contributed by atoms with Gasteiger partial charge in [-0.25, -0.2) is 5.43 Å². The van der Waals surface area contributed by atoms with Gasteiger partial charge in [-0.1, -0.05) is 0 Å². The van der Waals surface area contributed by atoms with Crippen molar-refractivity contribution < 1.29 is 0 Å². The van der Waals surface area contributed by atoms with Crippen LogP contribution in [-0.2, 0) is 0 Å². The molecule has 0 saturated heterocycles. The summed E-state index contributed by atoms with van der Waals surface area (Å²) in [5.74, 6) is 5.51. The number of hydrogen-bond donors (Lipinski definition) is 2. The second kappa shape index (κ2) is 5.11. The Hall–Kier alpha value is -1.37. The van der Waals surface area contributed by atoms with E-state index in [1.807, 2.05) is 12.1 Å². The van der Waals surface area contributed by atoms with E-state index in [4.69, 9.17) is 5.84 Å². The minimum Gasteiger partial charge on any atom is -0.270 e. The van der Waals surface area contributed by atoms with Crippen molar-refractivity contribution in [1.29, 1.82) is 0 Å². The van der Waals surface area contributed by atoms with Gasteiger partial charge in [0.1, 0.15) is 6.04 Å². The number of hydrazine groups is 1. The molecule has 2 aromatic heterocycles. The Bertz CT molecular complexity index is 445.